The number of sulfone groups is 1. The van der Waals surface area contributed by atoms with Gasteiger partial charge in [0.25, 0.3) is 0 Å². The van der Waals surface area contributed by atoms with Crippen molar-refractivity contribution >= 4 is 21.8 Å². The van der Waals surface area contributed by atoms with E-state index in [2.05, 4.69) is 0 Å². The minimum atomic E-state index is -2.99. The molecule has 1 saturated carbocycles. The molecule has 1 aromatic carbocycles. The Hall–Kier alpha value is -1.62. The maximum absolute atomic E-state index is 12.7. The molecule has 1 aromatic rings. The van der Waals surface area contributed by atoms with Crippen LogP contribution in [0.2, 0.25) is 0 Å². The fourth-order valence-corrected chi connectivity index (χ4v) is 5.36. The van der Waals surface area contributed by atoms with Gasteiger partial charge in [0.1, 0.15) is 0 Å². The number of carbonyl (C=O) groups excluding carboxylic acids is 1. The lowest BCUT2D eigenvalue weighted by Gasteiger charge is -2.33. The first-order valence-electron chi connectivity index (χ1n) is 8.31. The summed E-state index contributed by atoms with van der Waals surface area (Å²) in [6, 6.07) is 9.74. The Labute approximate surface area is 138 Å². The van der Waals surface area contributed by atoms with Gasteiger partial charge in [-0.2, -0.15) is 0 Å². The monoisotopic (exact) mass is 333 g/mol. The van der Waals surface area contributed by atoms with Gasteiger partial charge in [-0.05, 0) is 30.9 Å². The standard InChI is InChI=1S/C18H23NO3S/c20-18(11-10-15-6-2-1-3-7-15)19(16-8-4-5-9-16)17-12-13-23(21,22)14-17/h1-3,6-7,10-11,16-17H,4-5,8-9,12-14H2/b11-10+. The van der Waals surface area contributed by atoms with Crippen LogP contribution in [0.25, 0.3) is 6.08 Å². The molecule has 0 spiro atoms. The average molecular weight is 333 g/mol. The first-order chi connectivity index (χ1) is 11.1. The van der Waals surface area contributed by atoms with Crippen LogP contribution in [0.1, 0.15) is 37.7 Å². The van der Waals surface area contributed by atoms with Crippen LogP contribution in [-0.4, -0.2) is 42.8 Å². The molecule has 0 aromatic heterocycles. The van der Waals surface area contributed by atoms with E-state index in [0.717, 1.165) is 31.2 Å². The predicted octanol–water partition coefficient (Wildman–Crippen LogP) is 2.66. The molecule has 23 heavy (non-hydrogen) atoms. The minimum Gasteiger partial charge on any atom is -0.332 e. The Balaban J connectivity index is 1.77. The number of hydrogen-bond donors (Lipinski definition) is 0. The van der Waals surface area contributed by atoms with E-state index in [0.29, 0.717) is 6.42 Å². The molecular formula is C18H23NO3S. The lowest BCUT2D eigenvalue weighted by atomic mass is 10.1. The van der Waals surface area contributed by atoms with E-state index in [1.165, 1.54) is 0 Å². The number of hydrogen-bond acceptors (Lipinski definition) is 3. The number of rotatable bonds is 4. The first-order valence-corrected chi connectivity index (χ1v) is 10.1. The highest BCUT2D eigenvalue weighted by Gasteiger charge is 2.38. The van der Waals surface area contributed by atoms with Gasteiger partial charge in [-0.15, -0.1) is 0 Å². The van der Waals surface area contributed by atoms with Gasteiger partial charge in [-0.1, -0.05) is 43.2 Å². The lowest BCUT2D eigenvalue weighted by molar-refractivity contribution is -0.130. The second kappa shape index (κ2) is 6.87. The number of benzene rings is 1. The Morgan fingerprint density at radius 3 is 2.35 bits per heavy atom. The Morgan fingerprint density at radius 2 is 1.74 bits per heavy atom. The molecule has 2 fully saturated rings. The molecule has 124 valence electrons. The van der Waals surface area contributed by atoms with Crippen LogP contribution in [0.5, 0.6) is 0 Å². The van der Waals surface area contributed by atoms with Crippen molar-refractivity contribution in [1.29, 1.82) is 0 Å². The van der Waals surface area contributed by atoms with Crippen molar-refractivity contribution in [2.24, 2.45) is 0 Å². The van der Waals surface area contributed by atoms with E-state index < -0.39 is 9.84 Å². The van der Waals surface area contributed by atoms with Crippen molar-refractivity contribution in [3.8, 4) is 0 Å². The van der Waals surface area contributed by atoms with Gasteiger partial charge in [-0.25, -0.2) is 8.42 Å². The Kier molecular flexibility index (Phi) is 4.85. The summed E-state index contributed by atoms with van der Waals surface area (Å²) in [6.07, 6.45) is 8.20. The van der Waals surface area contributed by atoms with Crippen LogP contribution >= 0.6 is 0 Å². The van der Waals surface area contributed by atoms with E-state index in [9.17, 15) is 13.2 Å². The summed E-state index contributed by atoms with van der Waals surface area (Å²) in [4.78, 5) is 14.6. The third kappa shape index (κ3) is 4.02. The van der Waals surface area contributed by atoms with E-state index in [1.807, 2.05) is 41.3 Å². The molecule has 1 amide bonds. The van der Waals surface area contributed by atoms with Crippen molar-refractivity contribution in [1.82, 2.24) is 4.90 Å². The topological polar surface area (TPSA) is 54.5 Å². The summed E-state index contributed by atoms with van der Waals surface area (Å²) in [6.45, 7) is 0. The van der Waals surface area contributed by atoms with Crippen LogP contribution in [0.3, 0.4) is 0 Å². The zero-order valence-electron chi connectivity index (χ0n) is 13.2. The van der Waals surface area contributed by atoms with E-state index in [1.54, 1.807) is 6.08 Å². The molecule has 1 unspecified atom stereocenters. The maximum Gasteiger partial charge on any atom is 0.247 e. The normalized spacial score (nSPS) is 24.3. The van der Waals surface area contributed by atoms with Crippen LogP contribution in [0.4, 0.5) is 0 Å². The van der Waals surface area contributed by atoms with Gasteiger partial charge < -0.3 is 4.90 Å². The van der Waals surface area contributed by atoms with Crippen molar-refractivity contribution in [3.05, 3.63) is 42.0 Å². The summed E-state index contributed by atoms with van der Waals surface area (Å²) in [5.41, 5.74) is 0.978. The molecule has 3 rings (SSSR count). The van der Waals surface area contributed by atoms with Gasteiger partial charge in [0, 0.05) is 18.2 Å². The van der Waals surface area contributed by atoms with Crippen LogP contribution in [0.15, 0.2) is 36.4 Å². The van der Waals surface area contributed by atoms with E-state index in [4.69, 9.17) is 0 Å². The highest BCUT2D eigenvalue weighted by Crippen LogP contribution is 2.29. The molecule has 4 nitrogen and oxygen atoms in total. The van der Waals surface area contributed by atoms with Crippen molar-refractivity contribution in [3.63, 3.8) is 0 Å². The molecule has 1 aliphatic carbocycles. The fraction of sp³-hybridized carbons (Fsp3) is 0.500. The van der Waals surface area contributed by atoms with E-state index >= 15 is 0 Å². The molecular weight excluding hydrogens is 310 g/mol. The fourth-order valence-electron chi connectivity index (χ4n) is 3.65. The lowest BCUT2D eigenvalue weighted by Crippen LogP contribution is -2.46. The number of amides is 1. The minimum absolute atomic E-state index is 0.0529. The van der Waals surface area contributed by atoms with Crippen molar-refractivity contribution < 1.29 is 13.2 Å². The first kappa shape index (κ1) is 16.2. The van der Waals surface area contributed by atoms with Crippen molar-refractivity contribution in [2.45, 2.75) is 44.2 Å². The van der Waals surface area contributed by atoms with Gasteiger partial charge in [0.05, 0.1) is 11.5 Å². The summed E-state index contributed by atoms with van der Waals surface area (Å²) in [5, 5.41) is 0. The molecule has 1 atom stereocenters. The molecule has 0 radical (unpaired) electrons. The van der Waals surface area contributed by atoms with E-state index in [-0.39, 0.29) is 29.5 Å². The quantitative estimate of drug-likeness (QED) is 0.796. The Morgan fingerprint density at radius 1 is 1.04 bits per heavy atom. The van der Waals surface area contributed by atoms with Crippen molar-refractivity contribution in [2.75, 3.05) is 11.5 Å². The highest BCUT2D eigenvalue weighted by atomic mass is 32.2. The molecule has 1 saturated heterocycles. The van der Waals surface area contributed by atoms with Gasteiger partial charge >= 0.3 is 0 Å². The molecule has 1 heterocycles. The number of nitrogens with zero attached hydrogens (tertiary/aromatic N) is 1. The second-order valence-corrected chi connectivity index (χ2v) is 8.71. The molecule has 0 bridgehead atoms. The van der Waals surface area contributed by atoms with Crippen LogP contribution in [0, 0.1) is 0 Å². The molecule has 0 N–H and O–H groups in total. The van der Waals surface area contributed by atoms with Crippen LogP contribution in [-0.2, 0) is 14.6 Å². The summed E-state index contributed by atoms with van der Waals surface area (Å²) < 4.78 is 23.6. The zero-order valence-corrected chi connectivity index (χ0v) is 14.0. The SMILES string of the molecule is O=C(/C=C/c1ccccc1)N(C1CCCC1)C1CCS(=O)(=O)C1. The highest BCUT2D eigenvalue weighted by molar-refractivity contribution is 7.91. The van der Waals surface area contributed by atoms with Gasteiger partial charge in [-0.3, -0.25) is 4.79 Å². The molecule has 2 aliphatic rings. The third-order valence-electron chi connectivity index (χ3n) is 4.79. The second-order valence-electron chi connectivity index (χ2n) is 6.48. The smallest absolute Gasteiger partial charge is 0.247 e. The Bertz CT molecular complexity index is 675. The van der Waals surface area contributed by atoms with Gasteiger partial charge in [0.2, 0.25) is 5.91 Å². The maximum atomic E-state index is 12.7. The molecule has 1 aliphatic heterocycles. The zero-order chi connectivity index (χ0) is 16.3. The summed E-state index contributed by atoms with van der Waals surface area (Å²) in [5.74, 6) is 0.271. The third-order valence-corrected chi connectivity index (χ3v) is 6.54. The number of carbonyl (C=O) groups is 1. The molecule has 5 heteroatoms. The predicted molar refractivity (Wildman–Crippen MR) is 91.6 cm³/mol. The van der Waals surface area contributed by atoms with Crippen LogP contribution < -0.4 is 0 Å². The summed E-state index contributed by atoms with van der Waals surface area (Å²) in [7, 11) is -2.99. The van der Waals surface area contributed by atoms with Gasteiger partial charge in [0.15, 0.2) is 9.84 Å². The average Bonchev–Trinajstić information content (AvgIpc) is 3.17. The summed E-state index contributed by atoms with van der Waals surface area (Å²) >= 11 is 0. The largest absolute Gasteiger partial charge is 0.332 e.